The third kappa shape index (κ3) is 6.04. The van der Waals surface area contributed by atoms with Crippen molar-refractivity contribution in [1.29, 1.82) is 0 Å². The molecule has 1 unspecified atom stereocenters. The fourth-order valence-corrected chi connectivity index (χ4v) is 4.42. The summed E-state index contributed by atoms with van der Waals surface area (Å²) < 4.78 is 38.8. The number of benzene rings is 3. The standard InChI is InChI=1S/C25H28N2O5S/c1-5-32-21-10-12-22(13-11-21)33(29,30)27-20-8-6-7-19(16-20)25(28)26-18(3)23-15-17(2)9-14-24(23)31-4/h6-16,18,27H,5H2,1-4H3,(H,26,28). The van der Waals surface area contributed by atoms with Crippen LogP contribution in [0.25, 0.3) is 0 Å². The van der Waals surface area contributed by atoms with E-state index in [-0.39, 0.29) is 22.5 Å². The lowest BCUT2D eigenvalue weighted by atomic mass is 10.0. The molecule has 0 fully saturated rings. The summed E-state index contributed by atoms with van der Waals surface area (Å²) in [6.45, 7) is 6.19. The highest BCUT2D eigenvalue weighted by molar-refractivity contribution is 7.92. The predicted octanol–water partition coefficient (Wildman–Crippen LogP) is 4.69. The Morgan fingerprint density at radius 1 is 1.03 bits per heavy atom. The maximum absolute atomic E-state index is 12.9. The molecule has 0 spiro atoms. The maximum atomic E-state index is 12.9. The number of aryl methyl sites for hydroxylation is 1. The summed E-state index contributed by atoms with van der Waals surface area (Å²) in [4.78, 5) is 13.0. The van der Waals surface area contributed by atoms with Crippen molar-refractivity contribution in [2.45, 2.75) is 31.7 Å². The van der Waals surface area contributed by atoms with E-state index in [0.29, 0.717) is 23.7 Å². The molecule has 3 aromatic rings. The van der Waals surface area contributed by atoms with Crippen LogP contribution in [0.5, 0.6) is 11.5 Å². The number of nitrogens with one attached hydrogen (secondary N) is 2. The van der Waals surface area contributed by atoms with Crippen LogP contribution in [0.3, 0.4) is 0 Å². The van der Waals surface area contributed by atoms with Gasteiger partial charge in [0.05, 0.1) is 24.7 Å². The fourth-order valence-electron chi connectivity index (χ4n) is 3.37. The molecule has 0 heterocycles. The number of rotatable bonds is 9. The molecule has 1 amide bonds. The van der Waals surface area contributed by atoms with Crippen molar-refractivity contribution in [1.82, 2.24) is 5.32 Å². The third-order valence-corrected chi connectivity index (χ3v) is 6.42. The minimum atomic E-state index is -3.82. The van der Waals surface area contributed by atoms with Crippen LogP contribution in [0.4, 0.5) is 5.69 Å². The Morgan fingerprint density at radius 3 is 2.42 bits per heavy atom. The van der Waals surface area contributed by atoms with Gasteiger partial charge in [-0.15, -0.1) is 0 Å². The fraction of sp³-hybridized carbons (Fsp3) is 0.240. The summed E-state index contributed by atoms with van der Waals surface area (Å²) in [5.41, 5.74) is 2.54. The van der Waals surface area contributed by atoms with Crippen LogP contribution in [0.2, 0.25) is 0 Å². The average molecular weight is 469 g/mol. The summed E-state index contributed by atoms with van der Waals surface area (Å²) in [6, 6.07) is 18.0. The molecular weight excluding hydrogens is 440 g/mol. The van der Waals surface area contributed by atoms with Gasteiger partial charge in [-0.25, -0.2) is 8.42 Å². The SMILES string of the molecule is CCOc1ccc(S(=O)(=O)Nc2cccc(C(=O)NC(C)c3cc(C)ccc3OC)c2)cc1. The zero-order chi connectivity index (χ0) is 24.0. The van der Waals surface area contributed by atoms with E-state index in [4.69, 9.17) is 9.47 Å². The lowest BCUT2D eigenvalue weighted by molar-refractivity contribution is 0.0939. The molecule has 1 atom stereocenters. The Labute approximate surface area is 194 Å². The molecule has 33 heavy (non-hydrogen) atoms. The molecule has 0 aliphatic rings. The second-order valence-corrected chi connectivity index (χ2v) is 9.21. The van der Waals surface area contributed by atoms with Crippen LogP contribution < -0.4 is 19.5 Å². The van der Waals surface area contributed by atoms with Crippen LogP contribution in [-0.2, 0) is 10.0 Å². The number of hydrogen-bond donors (Lipinski definition) is 2. The van der Waals surface area contributed by atoms with Gasteiger partial charge < -0.3 is 14.8 Å². The quantitative estimate of drug-likeness (QED) is 0.475. The first-order valence-corrected chi connectivity index (χ1v) is 12.0. The third-order valence-electron chi connectivity index (χ3n) is 5.02. The summed E-state index contributed by atoms with van der Waals surface area (Å²) >= 11 is 0. The molecule has 0 saturated heterocycles. The van der Waals surface area contributed by atoms with Crippen LogP contribution in [0, 0.1) is 6.92 Å². The highest BCUT2D eigenvalue weighted by atomic mass is 32.2. The maximum Gasteiger partial charge on any atom is 0.261 e. The molecule has 0 aromatic heterocycles. The summed E-state index contributed by atoms with van der Waals surface area (Å²) in [7, 11) is -2.24. The average Bonchev–Trinajstić information content (AvgIpc) is 2.79. The van der Waals surface area contributed by atoms with Gasteiger partial charge in [-0.05, 0) is 69.3 Å². The molecule has 0 saturated carbocycles. The first kappa shape index (κ1) is 24.1. The van der Waals surface area contributed by atoms with E-state index < -0.39 is 10.0 Å². The van der Waals surface area contributed by atoms with Crippen LogP contribution >= 0.6 is 0 Å². The summed E-state index contributed by atoms with van der Waals surface area (Å²) in [5, 5.41) is 2.94. The van der Waals surface area contributed by atoms with Gasteiger partial charge in [0.1, 0.15) is 11.5 Å². The van der Waals surface area contributed by atoms with E-state index in [1.165, 1.54) is 18.2 Å². The molecule has 0 aliphatic heterocycles. The molecular formula is C25H28N2O5S. The van der Waals surface area contributed by atoms with E-state index in [0.717, 1.165) is 11.1 Å². The van der Waals surface area contributed by atoms with Gasteiger partial charge in [-0.2, -0.15) is 0 Å². The first-order chi connectivity index (χ1) is 15.7. The minimum absolute atomic E-state index is 0.0981. The Kier molecular flexibility index (Phi) is 7.60. The van der Waals surface area contributed by atoms with Crippen LogP contribution in [0.1, 0.15) is 41.4 Å². The minimum Gasteiger partial charge on any atom is -0.496 e. The smallest absolute Gasteiger partial charge is 0.261 e. The zero-order valence-electron chi connectivity index (χ0n) is 19.1. The largest absolute Gasteiger partial charge is 0.496 e. The van der Waals surface area contributed by atoms with E-state index in [1.807, 2.05) is 39.0 Å². The summed E-state index contributed by atoms with van der Waals surface area (Å²) in [6.07, 6.45) is 0. The Bertz CT molecular complexity index is 1220. The van der Waals surface area contributed by atoms with Gasteiger partial charge in [0.2, 0.25) is 0 Å². The van der Waals surface area contributed by atoms with Gasteiger partial charge in [0, 0.05) is 16.8 Å². The molecule has 0 aliphatic carbocycles. The highest BCUT2D eigenvalue weighted by Crippen LogP contribution is 2.26. The predicted molar refractivity (Wildman–Crippen MR) is 128 cm³/mol. The second kappa shape index (κ2) is 10.4. The number of amides is 1. The van der Waals surface area contributed by atoms with E-state index in [9.17, 15) is 13.2 Å². The molecule has 0 radical (unpaired) electrons. The molecule has 8 heteroatoms. The van der Waals surface area contributed by atoms with Crippen molar-refractivity contribution in [2.75, 3.05) is 18.4 Å². The van der Waals surface area contributed by atoms with Crippen LogP contribution in [-0.4, -0.2) is 28.0 Å². The molecule has 2 N–H and O–H groups in total. The zero-order valence-corrected chi connectivity index (χ0v) is 19.9. The number of carbonyl (C=O) groups is 1. The summed E-state index contributed by atoms with van der Waals surface area (Å²) in [5.74, 6) is 0.952. The second-order valence-electron chi connectivity index (χ2n) is 7.53. The number of carbonyl (C=O) groups excluding carboxylic acids is 1. The van der Waals surface area contributed by atoms with Crippen molar-refractivity contribution in [3.05, 3.63) is 83.4 Å². The van der Waals surface area contributed by atoms with E-state index >= 15 is 0 Å². The molecule has 3 aromatic carbocycles. The highest BCUT2D eigenvalue weighted by Gasteiger charge is 2.18. The van der Waals surface area contributed by atoms with Gasteiger partial charge in [-0.1, -0.05) is 23.8 Å². The van der Waals surface area contributed by atoms with Crippen molar-refractivity contribution in [2.24, 2.45) is 0 Å². The topological polar surface area (TPSA) is 93.7 Å². The number of hydrogen-bond acceptors (Lipinski definition) is 5. The van der Waals surface area contributed by atoms with Gasteiger partial charge in [0.25, 0.3) is 15.9 Å². The lowest BCUT2D eigenvalue weighted by Crippen LogP contribution is -2.27. The Hall–Kier alpha value is -3.52. The van der Waals surface area contributed by atoms with Crippen LogP contribution in [0.15, 0.2) is 71.6 Å². The monoisotopic (exact) mass is 468 g/mol. The van der Waals surface area contributed by atoms with Crippen molar-refractivity contribution < 1.29 is 22.7 Å². The van der Waals surface area contributed by atoms with Gasteiger partial charge in [-0.3, -0.25) is 9.52 Å². The van der Waals surface area contributed by atoms with E-state index in [1.54, 1.807) is 37.4 Å². The van der Waals surface area contributed by atoms with Gasteiger partial charge in [0.15, 0.2) is 0 Å². The van der Waals surface area contributed by atoms with Crippen molar-refractivity contribution in [3.63, 3.8) is 0 Å². The van der Waals surface area contributed by atoms with E-state index in [2.05, 4.69) is 10.0 Å². The number of anilines is 1. The molecule has 3 rings (SSSR count). The molecule has 174 valence electrons. The Balaban J connectivity index is 1.75. The van der Waals surface area contributed by atoms with Crippen molar-refractivity contribution >= 4 is 21.6 Å². The number of sulfonamides is 1. The molecule has 7 nitrogen and oxygen atoms in total. The number of ether oxygens (including phenoxy) is 2. The van der Waals surface area contributed by atoms with Crippen molar-refractivity contribution in [3.8, 4) is 11.5 Å². The Morgan fingerprint density at radius 2 is 1.76 bits per heavy atom. The lowest BCUT2D eigenvalue weighted by Gasteiger charge is -2.18. The normalized spacial score (nSPS) is 12.0. The molecule has 0 bridgehead atoms. The first-order valence-electron chi connectivity index (χ1n) is 10.5. The van der Waals surface area contributed by atoms with Gasteiger partial charge >= 0.3 is 0 Å². The number of methoxy groups -OCH3 is 1.